The van der Waals surface area contributed by atoms with E-state index in [1.165, 1.54) is 28.4 Å². The number of fused-ring (bicyclic) bond motifs is 1. The highest BCUT2D eigenvalue weighted by Crippen LogP contribution is 2.48. The second kappa shape index (κ2) is 11.2. The Labute approximate surface area is 239 Å². The number of β-lactam (4-membered cyclic amide) rings is 1. The van der Waals surface area contributed by atoms with E-state index < -0.39 is 22.9 Å². The average molecular weight is 587 g/mol. The van der Waals surface area contributed by atoms with E-state index >= 15 is 0 Å². The number of amides is 1. The maximum absolute atomic E-state index is 13.5. The zero-order valence-corrected chi connectivity index (χ0v) is 24.1. The first-order chi connectivity index (χ1) is 19.1. The van der Waals surface area contributed by atoms with Crippen LogP contribution in [0.15, 0.2) is 52.1 Å². The summed E-state index contributed by atoms with van der Waals surface area (Å²) in [7, 11) is 3.83. The molecule has 0 unspecified atom stereocenters. The van der Waals surface area contributed by atoms with Gasteiger partial charge in [-0.2, -0.15) is 4.99 Å². The molecule has 4 heterocycles. The molecular formula is C26H30N6O6S2. The number of benzene rings is 1. The Bertz CT molecular complexity index is 1350. The molecule has 1 aromatic carbocycles. The van der Waals surface area contributed by atoms with Crippen LogP contribution in [0.3, 0.4) is 0 Å². The molecule has 40 heavy (non-hydrogen) atoms. The number of aliphatic hydroxyl groups excluding tert-OH is 1. The van der Waals surface area contributed by atoms with E-state index in [1.54, 1.807) is 25.3 Å². The van der Waals surface area contributed by atoms with Crippen molar-refractivity contribution >= 4 is 52.0 Å². The number of carbonyl (C=O) groups is 2. The Morgan fingerprint density at radius 1 is 1.30 bits per heavy atom. The summed E-state index contributed by atoms with van der Waals surface area (Å²) in [6.45, 7) is 4.69. The van der Waals surface area contributed by atoms with E-state index in [9.17, 15) is 24.8 Å². The molecule has 0 spiro atoms. The Kier molecular flexibility index (Phi) is 7.84. The lowest BCUT2D eigenvalue weighted by Crippen LogP contribution is -2.63. The van der Waals surface area contributed by atoms with Crippen LogP contribution in [0.5, 0.6) is 0 Å². The molecular weight excluding hydrogens is 556 g/mol. The van der Waals surface area contributed by atoms with Crippen LogP contribution in [0, 0.1) is 22.0 Å². The highest BCUT2D eigenvalue weighted by Gasteiger charge is 2.60. The predicted octanol–water partition coefficient (Wildman–Crippen LogP) is 2.83. The summed E-state index contributed by atoms with van der Waals surface area (Å²) in [5.74, 6) is -0.939. The summed E-state index contributed by atoms with van der Waals surface area (Å²) in [4.78, 5) is 51.4. The first-order valence-corrected chi connectivity index (χ1v) is 14.5. The van der Waals surface area contributed by atoms with Crippen molar-refractivity contribution in [2.45, 2.75) is 37.7 Å². The van der Waals surface area contributed by atoms with Gasteiger partial charge in [-0.15, -0.1) is 11.3 Å². The van der Waals surface area contributed by atoms with Crippen molar-refractivity contribution in [2.24, 2.45) is 16.8 Å². The van der Waals surface area contributed by atoms with Gasteiger partial charge in [0.05, 0.1) is 40.3 Å². The fraction of sp³-hybridized carbons (Fsp3) is 0.462. The van der Waals surface area contributed by atoms with E-state index in [-0.39, 0.29) is 34.5 Å². The van der Waals surface area contributed by atoms with Crippen molar-refractivity contribution in [3.8, 4) is 0 Å². The van der Waals surface area contributed by atoms with Crippen LogP contribution in [-0.2, 0) is 20.2 Å². The van der Waals surface area contributed by atoms with Crippen LogP contribution < -0.4 is 0 Å². The number of non-ortho nitro benzene ring substituents is 1. The van der Waals surface area contributed by atoms with Crippen molar-refractivity contribution in [1.82, 2.24) is 19.7 Å². The maximum atomic E-state index is 13.5. The van der Waals surface area contributed by atoms with Crippen LogP contribution in [-0.4, -0.2) is 92.1 Å². The van der Waals surface area contributed by atoms with Crippen molar-refractivity contribution < 1.29 is 23.8 Å². The van der Waals surface area contributed by atoms with Gasteiger partial charge in [0, 0.05) is 56.8 Å². The normalized spacial score (nSPS) is 25.1. The van der Waals surface area contributed by atoms with Crippen molar-refractivity contribution in [2.75, 3.05) is 27.2 Å². The van der Waals surface area contributed by atoms with E-state index in [1.807, 2.05) is 36.2 Å². The van der Waals surface area contributed by atoms with Crippen molar-refractivity contribution in [3.05, 3.63) is 62.8 Å². The lowest BCUT2D eigenvalue weighted by atomic mass is 9.77. The van der Waals surface area contributed by atoms with Crippen LogP contribution >= 0.6 is 23.4 Å². The Balaban J connectivity index is 1.33. The van der Waals surface area contributed by atoms with Gasteiger partial charge in [-0.05, 0) is 24.5 Å². The summed E-state index contributed by atoms with van der Waals surface area (Å²) in [6, 6.07) is 5.80. The fourth-order valence-electron chi connectivity index (χ4n) is 5.69. The second-order valence-electron chi connectivity index (χ2n) is 10.3. The molecule has 14 heteroatoms. The lowest BCUT2D eigenvalue weighted by molar-refractivity contribution is -0.384. The second-order valence-corrected chi connectivity index (χ2v) is 12.2. The minimum absolute atomic E-state index is 0.0244. The highest BCUT2D eigenvalue weighted by molar-refractivity contribution is 7.95. The molecule has 3 aliphatic rings. The number of aliphatic hydroxyl groups is 1. The third-order valence-electron chi connectivity index (χ3n) is 7.56. The van der Waals surface area contributed by atoms with Gasteiger partial charge in [0.1, 0.15) is 5.70 Å². The van der Waals surface area contributed by atoms with Crippen molar-refractivity contribution in [1.29, 1.82) is 0 Å². The number of rotatable bonds is 8. The van der Waals surface area contributed by atoms with Gasteiger partial charge >= 0.3 is 5.97 Å². The number of thiazole rings is 1. The number of hydrogen-bond acceptors (Lipinski definition) is 10. The number of nitrogens with zero attached hydrogens (tertiary/aromatic N) is 6. The first-order valence-electron chi connectivity index (χ1n) is 12.8. The zero-order valence-electron chi connectivity index (χ0n) is 22.5. The molecule has 4 atom stereocenters. The summed E-state index contributed by atoms with van der Waals surface area (Å²) in [5, 5.41) is 23.8. The largest absolute Gasteiger partial charge is 0.393 e. The average Bonchev–Trinajstić information content (AvgIpc) is 3.50. The maximum Gasteiger partial charge on any atom is 0.367 e. The standard InChI is InChI=1S/C26H30N6O6S2/c1-14-19(11-16-5-7-17(8-6-16)32(36)37)22(31-21(14)20(15(2)33)23(31)34)24(35)38-40-18-12-29(3)26(30(4)13-18)28-25-27-9-10-39-25/h5-10,14-15,18,20-21,33H,11-13H2,1-4H3/t14-,15-,18?,20-,21+/m1/s1. The molecule has 0 radical (unpaired) electrons. The van der Waals surface area contributed by atoms with Gasteiger partial charge in [0.25, 0.3) is 5.69 Å². The summed E-state index contributed by atoms with van der Waals surface area (Å²) < 4.78 is 5.74. The third-order valence-corrected chi connectivity index (χ3v) is 9.05. The minimum atomic E-state index is -0.852. The third kappa shape index (κ3) is 5.18. The van der Waals surface area contributed by atoms with Gasteiger partial charge in [-0.3, -0.25) is 14.9 Å². The Morgan fingerprint density at radius 3 is 2.55 bits per heavy atom. The summed E-state index contributed by atoms with van der Waals surface area (Å²) >= 11 is 2.51. The molecule has 0 bridgehead atoms. The van der Waals surface area contributed by atoms with Crippen LogP contribution in [0.2, 0.25) is 0 Å². The molecule has 0 saturated carbocycles. The molecule has 1 N–H and O–H groups in total. The number of nitro groups is 1. The van der Waals surface area contributed by atoms with Crippen molar-refractivity contribution in [3.63, 3.8) is 0 Å². The quantitative estimate of drug-likeness (QED) is 0.212. The fourth-order valence-corrected chi connectivity index (χ4v) is 7.06. The number of hydrogen-bond donors (Lipinski definition) is 1. The molecule has 5 rings (SSSR count). The molecule has 2 aromatic rings. The predicted molar refractivity (Wildman–Crippen MR) is 151 cm³/mol. The molecule has 2 saturated heterocycles. The molecule has 1 amide bonds. The molecule has 0 aliphatic carbocycles. The number of carbonyl (C=O) groups excluding carboxylic acids is 2. The monoisotopic (exact) mass is 586 g/mol. The first kappa shape index (κ1) is 28.1. The van der Waals surface area contributed by atoms with E-state index in [2.05, 4.69) is 9.98 Å². The highest BCUT2D eigenvalue weighted by atomic mass is 32.2. The number of guanidine groups is 1. The number of nitro benzene ring substituents is 1. The van der Waals surface area contributed by atoms with Gasteiger partial charge < -0.3 is 24.0 Å². The number of aliphatic imine (C=N–C) groups is 1. The van der Waals surface area contributed by atoms with Crippen LogP contribution in [0.25, 0.3) is 0 Å². The summed E-state index contributed by atoms with van der Waals surface area (Å²) in [6.07, 6.45) is 1.18. The van der Waals surface area contributed by atoms with Gasteiger partial charge in [-0.25, -0.2) is 9.78 Å². The summed E-state index contributed by atoms with van der Waals surface area (Å²) in [5.41, 5.74) is 1.67. The Morgan fingerprint density at radius 2 is 1.98 bits per heavy atom. The van der Waals surface area contributed by atoms with E-state index in [0.717, 1.165) is 29.1 Å². The van der Waals surface area contributed by atoms with E-state index in [4.69, 9.17) is 4.18 Å². The molecule has 1 aromatic heterocycles. The topological polar surface area (TPSA) is 142 Å². The van der Waals surface area contributed by atoms with Gasteiger partial charge in [-0.1, -0.05) is 19.1 Å². The SMILES string of the molecule is C[C@@H]1C(Cc2ccc([N+](=O)[O-])cc2)=C(C(=O)OSC2CN(C)C(=Nc3nccs3)N(C)C2)N2C(=O)[C@H]([C@@H](C)O)[C@H]12. The smallest absolute Gasteiger partial charge is 0.367 e. The Hall–Kier alpha value is -3.49. The van der Waals surface area contributed by atoms with Crippen LogP contribution in [0.1, 0.15) is 19.4 Å². The van der Waals surface area contributed by atoms with Gasteiger partial charge in [0.2, 0.25) is 17.0 Å². The molecule has 2 fully saturated rings. The van der Waals surface area contributed by atoms with E-state index in [0.29, 0.717) is 24.6 Å². The molecule has 12 nitrogen and oxygen atoms in total. The van der Waals surface area contributed by atoms with Crippen LogP contribution in [0.4, 0.5) is 10.8 Å². The minimum Gasteiger partial charge on any atom is -0.393 e. The molecule has 3 aliphatic heterocycles. The lowest BCUT2D eigenvalue weighted by Gasteiger charge is -2.46. The molecule has 212 valence electrons. The zero-order chi connectivity index (χ0) is 28.7. The number of aromatic nitrogens is 1. The van der Waals surface area contributed by atoms with Gasteiger partial charge in [0.15, 0.2) is 0 Å².